The van der Waals surface area contributed by atoms with E-state index in [1.807, 2.05) is 6.92 Å². The van der Waals surface area contributed by atoms with Crippen LogP contribution in [0.4, 0.5) is 0 Å². The lowest BCUT2D eigenvalue weighted by Gasteiger charge is -2.20. The van der Waals surface area contributed by atoms with Crippen molar-refractivity contribution in [3.8, 4) is 0 Å². The average Bonchev–Trinajstić information content (AvgIpc) is 2.53. The van der Waals surface area contributed by atoms with Crippen molar-refractivity contribution in [3.63, 3.8) is 0 Å². The highest BCUT2D eigenvalue weighted by atomic mass is 16.3. The number of carbonyl (C=O) groups excluding carboxylic acids is 1. The first-order valence-electron chi connectivity index (χ1n) is 5.01. The van der Waals surface area contributed by atoms with Crippen LogP contribution >= 0.6 is 0 Å². The van der Waals surface area contributed by atoms with Crippen LogP contribution in [-0.2, 0) is 4.79 Å². The molecule has 74 valence electrons. The Labute approximate surface area is 79.6 Å². The molecule has 0 aromatic heterocycles. The fraction of sp³-hybridized carbons (Fsp3) is 0.727. The van der Waals surface area contributed by atoms with Crippen LogP contribution in [0.3, 0.4) is 0 Å². The fourth-order valence-corrected chi connectivity index (χ4v) is 1.76. The van der Waals surface area contributed by atoms with Crippen LogP contribution in [0.15, 0.2) is 12.2 Å². The third kappa shape index (κ3) is 2.41. The van der Waals surface area contributed by atoms with Gasteiger partial charge in [-0.3, -0.25) is 4.79 Å². The van der Waals surface area contributed by atoms with Gasteiger partial charge in [-0.05, 0) is 32.1 Å². The van der Waals surface area contributed by atoms with E-state index in [0.717, 1.165) is 24.8 Å². The summed E-state index contributed by atoms with van der Waals surface area (Å²) in [7, 11) is 0. The van der Waals surface area contributed by atoms with Gasteiger partial charge < -0.3 is 5.11 Å². The number of aliphatic hydroxyl groups is 1. The van der Waals surface area contributed by atoms with Crippen molar-refractivity contribution in [1.82, 2.24) is 0 Å². The molecule has 0 heterocycles. The molecular weight excluding hydrogens is 164 g/mol. The van der Waals surface area contributed by atoms with Crippen molar-refractivity contribution in [1.29, 1.82) is 0 Å². The number of allylic oxidation sites excluding steroid dienone is 1. The summed E-state index contributed by atoms with van der Waals surface area (Å²) in [6.07, 6.45) is 4.40. The molecule has 0 spiro atoms. The SMILES string of the molecule is C=C(CC)CC(=O)C1(O)CCCC1. The van der Waals surface area contributed by atoms with Gasteiger partial charge in [-0.25, -0.2) is 0 Å². The third-order valence-electron chi connectivity index (χ3n) is 2.86. The van der Waals surface area contributed by atoms with Gasteiger partial charge in [0.2, 0.25) is 0 Å². The summed E-state index contributed by atoms with van der Waals surface area (Å²) < 4.78 is 0. The zero-order valence-corrected chi connectivity index (χ0v) is 8.31. The van der Waals surface area contributed by atoms with Crippen LogP contribution in [0, 0.1) is 0 Å². The zero-order valence-electron chi connectivity index (χ0n) is 8.31. The number of Topliss-reactive ketones (excluding diaryl/α,β-unsaturated/α-hetero) is 1. The second kappa shape index (κ2) is 4.05. The van der Waals surface area contributed by atoms with E-state index < -0.39 is 5.60 Å². The summed E-state index contributed by atoms with van der Waals surface area (Å²) >= 11 is 0. The third-order valence-corrected chi connectivity index (χ3v) is 2.86. The molecule has 13 heavy (non-hydrogen) atoms. The first-order chi connectivity index (χ1) is 6.08. The summed E-state index contributed by atoms with van der Waals surface area (Å²) in [5.74, 6) is -0.0307. The Hall–Kier alpha value is -0.630. The van der Waals surface area contributed by atoms with Crippen LogP contribution in [0.5, 0.6) is 0 Å². The zero-order chi connectivity index (χ0) is 9.90. The Morgan fingerprint density at radius 2 is 2.00 bits per heavy atom. The van der Waals surface area contributed by atoms with E-state index in [-0.39, 0.29) is 5.78 Å². The van der Waals surface area contributed by atoms with Crippen molar-refractivity contribution in [2.75, 3.05) is 0 Å². The summed E-state index contributed by atoms with van der Waals surface area (Å²) in [6.45, 7) is 5.76. The number of rotatable bonds is 4. The number of hydrogen-bond donors (Lipinski definition) is 1. The fourth-order valence-electron chi connectivity index (χ4n) is 1.76. The maximum atomic E-state index is 11.6. The van der Waals surface area contributed by atoms with Crippen molar-refractivity contribution < 1.29 is 9.90 Å². The molecule has 1 aliphatic carbocycles. The van der Waals surface area contributed by atoms with Crippen LogP contribution < -0.4 is 0 Å². The van der Waals surface area contributed by atoms with E-state index in [2.05, 4.69) is 6.58 Å². The lowest BCUT2D eigenvalue weighted by atomic mass is 9.91. The van der Waals surface area contributed by atoms with Crippen LogP contribution in [0.2, 0.25) is 0 Å². The van der Waals surface area contributed by atoms with Gasteiger partial charge in [-0.15, -0.1) is 0 Å². The number of carbonyl (C=O) groups is 1. The minimum absolute atomic E-state index is 0.0307. The van der Waals surface area contributed by atoms with E-state index in [1.54, 1.807) is 0 Å². The molecule has 2 heteroatoms. The molecule has 0 radical (unpaired) electrons. The second-order valence-electron chi connectivity index (χ2n) is 3.94. The maximum absolute atomic E-state index is 11.6. The summed E-state index contributed by atoms with van der Waals surface area (Å²) in [5, 5.41) is 9.91. The topological polar surface area (TPSA) is 37.3 Å². The van der Waals surface area contributed by atoms with E-state index in [9.17, 15) is 9.90 Å². The van der Waals surface area contributed by atoms with E-state index in [0.29, 0.717) is 19.3 Å². The van der Waals surface area contributed by atoms with Gasteiger partial charge in [-0.1, -0.05) is 19.1 Å². The van der Waals surface area contributed by atoms with Gasteiger partial charge in [0, 0.05) is 6.42 Å². The van der Waals surface area contributed by atoms with Crippen molar-refractivity contribution in [3.05, 3.63) is 12.2 Å². The summed E-state index contributed by atoms with van der Waals surface area (Å²) in [6, 6.07) is 0. The minimum Gasteiger partial charge on any atom is -0.382 e. The number of ketones is 1. The highest BCUT2D eigenvalue weighted by Crippen LogP contribution is 2.31. The van der Waals surface area contributed by atoms with Gasteiger partial charge in [0.05, 0.1) is 0 Å². The molecule has 2 nitrogen and oxygen atoms in total. The Bertz CT molecular complexity index is 212. The largest absolute Gasteiger partial charge is 0.382 e. The molecule has 0 unspecified atom stereocenters. The minimum atomic E-state index is -1.02. The predicted molar refractivity (Wildman–Crippen MR) is 52.5 cm³/mol. The molecule has 1 saturated carbocycles. The molecule has 0 aromatic rings. The van der Waals surface area contributed by atoms with Crippen LogP contribution in [0.25, 0.3) is 0 Å². The van der Waals surface area contributed by atoms with E-state index in [1.165, 1.54) is 0 Å². The first kappa shape index (κ1) is 10.5. The first-order valence-corrected chi connectivity index (χ1v) is 5.01. The predicted octanol–water partition coefficient (Wildman–Crippen LogP) is 2.22. The molecule has 1 rings (SSSR count). The lowest BCUT2D eigenvalue weighted by Crippen LogP contribution is -2.35. The standard InChI is InChI=1S/C11H18O2/c1-3-9(2)8-10(12)11(13)6-4-5-7-11/h13H,2-8H2,1H3. The smallest absolute Gasteiger partial charge is 0.168 e. The molecule has 0 atom stereocenters. The lowest BCUT2D eigenvalue weighted by molar-refractivity contribution is -0.136. The van der Waals surface area contributed by atoms with Gasteiger partial charge in [0.25, 0.3) is 0 Å². The Kier molecular flexibility index (Phi) is 3.26. The molecular formula is C11H18O2. The quantitative estimate of drug-likeness (QED) is 0.677. The van der Waals surface area contributed by atoms with Crippen molar-refractivity contribution >= 4 is 5.78 Å². The Balaban J connectivity index is 2.51. The summed E-state index contributed by atoms with van der Waals surface area (Å²) in [5.41, 5.74) is -0.0942. The molecule has 0 bridgehead atoms. The average molecular weight is 182 g/mol. The van der Waals surface area contributed by atoms with Gasteiger partial charge >= 0.3 is 0 Å². The maximum Gasteiger partial charge on any atom is 0.168 e. The molecule has 0 amide bonds. The normalized spacial score (nSPS) is 20.2. The molecule has 1 N–H and O–H groups in total. The van der Waals surface area contributed by atoms with Crippen LogP contribution in [0.1, 0.15) is 45.4 Å². The molecule has 1 fully saturated rings. The number of hydrogen-bond acceptors (Lipinski definition) is 2. The molecule has 0 saturated heterocycles. The van der Waals surface area contributed by atoms with E-state index >= 15 is 0 Å². The molecule has 0 aliphatic heterocycles. The highest BCUT2D eigenvalue weighted by molar-refractivity contribution is 5.89. The van der Waals surface area contributed by atoms with Crippen LogP contribution in [-0.4, -0.2) is 16.5 Å². The Morgan fingerprint density at radius 3 is 2.46 bits per heavy atom. The molecule has 0 aromatic carbocycles. The van der Waals surface area contributed by atoms with Gasteiger partial charge in [0.15, 0.2) is 5.78 Å². The van der Waals surface area contributed by atoms with Gasteiger partial charge in [0.1, 0.15) is 5.60 Å². The molecule has 1 aliphatic rings. The van der Waals surface area contributed by atoms with Gasteiger partial charge in [-0.2, -0.15) is 0 Å². The van der Waals surface area contributed by atoms with Crippen molar-refractivity contribution in [2.45, 2.75) is 51.0 Å². The summed E-state index contributed by atoms with van der Waals surface area (Å²) in [4.78, 5) is 11.6. The monoisotopic (exact) mass is 182 g/mol. The highest BCUT2D eigenvalue weighted by Gasteiger charge is 2.37. The van der Waals surface area contributed by atoms with Crippen molar-refractivity contribution in [2.24, 2.45) is 0 Å². The Morgan fingerprint density at radius 1 is 1.46 bits per heavy atom. The van der Waals surface area contributed by atoms with E-state index in [4.69, 9.17) is 0 Å². The second-order valence-corrected chi connectivity index (χ2v) is 3.94.